The lowest BCUT2D eigenvalue weighted by Crippen LogP contribution is -2.28. The van der Waals surface area contributed by atoms with Gasteiger partial charge in [-0.3, -0.25) is 4.90 Å². The third kappa shape index (κ3) is 3.52. The molecule has 0 amide bonds. The van der Waals surface area contributed by atoms with Crippen molar-refractivity contribution in [3.05, 3.63) is 64.2 Å². The largest absolute Gasteiger partial charge is 0.484 e. The Hall–Kier alpha value is -1.72. The SMILES string of the molecule is CCN1Cc2c(cccc2C(F)(F)F)OC(c2ccc(Cl)cc2)C1. The maximum atomic E-state index is 13.3. The molecule has 0 N–H and O–H groups in total. The monoisotopic (exact) mass is 355 g/mol. The highest BCUT2D eigenvalue weighted by atomic mass is 35.5. The summed E-state index contributed by atoms with van der Waals surface area (Å²) < 4.78 is 45.9. The maximum absolute atomic E-state index is 13.3. The van der Waals surface area contributed by atoms with Crippen LogP contribution in [0.2, 0.25) is 5.02 Å². The Bertz CT molecular complexity index is 715. The predicted octanol–water partition coefficient (Wildman–Crippen LogP) is 5.31. The van der Waals surface area contributed by atoms with Crippen LogP contribution in [0.4, 0.5) is 13.2 Å². The molecule has 3 rings (SSSR count). The molecule has 1 aliphatic rings. The van der Waals surface area contributed by atoms with Crippen molar-refractivity contribution in [1.29, 1.82) is 0 Å². The van der Waals surface area contributed by atoms with Crippen molar-refractivity contribution in [2.75, 3.05) is 13.1 Å². The minimum absolute atomic E-state index is 0.198. The van der Waals surface area contributed by atoms with Crippen LogP contribution >= 0.6 is 11.6 Å². The number of hydrogen-bond acceptors (Lipinski definition) is 2. The summed E-state index contributed by atoms with van der Waals surface area (Å²) in [5.74, 6) is 0.292. The van der Waals surface area contributed by atoms with Crippen LogP contribution in [0.5, 0.6) is 5.75 Å². The van der Waals surface area contributed by atoms with Crippen molar-refractivity contribution in [2.45, 2.75) is 25.7 Å². The standard InChI is InChI=1S/C18H17ClF3NO/c1-2-23-10-14-15(18(20,21)22)4-3-5-16(14)24-17(11-23)12-6-8-13(19)9-7-12/h3-9,17H,2,10-11H2,1H3. The highest BCUT2D eigenvalue weighted by Gasteiger charge is 2.36. The van der Waals surface area contributed by atoms with E-state index in [9.17, 15) is 13.2 Å². The summed E-state index contributed by atoms with van der Waals surface area (Å²) in [5.41, 5.74) is 0.460. The molecule has 2 aromatic carbocycles. The average molecular weight is 356 g/mol. The summed E-state index contributed by atoms with van der Waals surface area (Å²) >= 11 is 5.91. The van der Waals surface area contributed by atoms with E-state index < -0.39 is 11.7 Å². The Morgan fingerprint density at radius 1 is 1.17 bits per heavy atom. The van der Waals surface area contributed by atoms with E-state index in [1.807, 2.05) is 24.0 Å². The number of nitrogens with zero attached hydrogens (tertiary/aromatic N) is 1. The summed E-state index contributed by atoms with van der Waals surface area (Å²) in [6.45, 7) is 3.30. The Morgan fingerprint density at radius 2 is 1.88 bits per heavy atom. The van der Waals surface area contributed by atoms with Crippen molar-refractivity contribution in [2.24, 2.45) is 0 Å². The first kappa shape index (κ1) is 17.1. The van der Waals surface area contributed by atoms with Gasteiger partial charge in [0.05, 0.1) is 5.56 Å². The molecule has 0 saturated heterocycles. The molecule has 0 aliphatic carbocycles. The number of alkyl halides is 3. The topological polar surface area (TPSA) is 12.5 Å². The van der Waals surface area contributed by atoms with Gasteiger partial charge in [-0.15, -0.1) is 0 Å². The van der Waals surface area contributed by atoms with E-state index in [4.69, 9.17) is 16.3 Å². The molecule has 1 atom stereocenters. The quantitative estimate of drug-likeness (QED) is 0.723. The Balaban J connectivity index is 2.02. The number of benzene rings is 2. The van der Waals surface area contributed by atoms with Crippen LogP contribution < -0.4 is 4.74 Å². The fourth-order valence-electron chi connectivity index (χ4n) is 2.91. The van der Waals surface area contributed by atoms with Gasteiger partial charge in [0.1, 0.15) is 11.9 Å². The zero-order chi connectivity index (χ0) is 17.3. The average Bonchev–Trinajstić information content (AvgIpc) is 2.73. The lowest BCUT2D eigenvalue weighted by Gasteiger charge is -2.23. The van der Waals surface area contributed by atoms with Gasteiger partial charge >= 0.3 is 6.18 Å². The van der Waals surface area contributed by atoms with E-state index >= 15 is 0 Å². The molecule has 1 aliphatic heterocycles. The minimum Gasteiger partial charge on any atom is -0.484 e. The highest BCUT2D eigenvalue weighted by Crippen LogP contribution is 2.40. The molecule has 0 spiro atoms. The third-order valence-electron chi connectivity index (χ3n) is 4.20. The van der Waals surface area contributed by atoms with E-state index in [2.05, 4.69) is 0 Å². The van der Waals surface area contributed by atoms with Crippen LogP contribution in [0.25, 0.3) is 0 Å². The molecule has 0 radical (unpaired) electrons. The number of fused-ring (bicyclic) bond motifs is 1. The van der Waals surface area contributed by atoms with Gasteiger partial charge in [-0.2, -0.15) is 13.2 Å². The van der Waals surface area contributed by atoms with Gasteiger partial charge in [0.25, 0.3) is 0 Å². The predicted molar refractivity (Wildman–Crippen MR) is 87.2 cm³/mol. The van der Waals surface area contributed by atoms with Crippen molar-refractivity contribution in [3.63, 3.8) is 0 Å². The molecule has 2 aromatic rings. The van der Waals surface area contributed by atoms with Crippen LogP contribution in [0.15, 0.2) is 42.5 Å². The first-order chi connectivity index (χ1) is 11.4. The number of likely N-dealkylation sites (N-methyl/N-ethyl adjacent to an activating group) is 1. The van der Waals surface area contributed by atoms with Gasteiger partial charge in [-0.05, 0) is 36.4 Å². The molecule has 1 unspecified atom stereocenters. The summed E-state index contributed by atoms with van der Waals surface area (Å²) in [6.07, 6.45) is -4.74. The van der Waals surface area contributed by atoms with Gasteiger partial charge in [0, 0.05) is 23.7 Å². The molecule has 0 saturated carbocycles. The lowest BCUT2D eigenvalue weighted by molar-refractivity contribution is -0.138. The molecule has 24 heavy (non-hydrogen) atoms. The van der Waals surface area contributed by atoms with Crippen LogP contribution in [0.3, 0.4) is 0 Å². The van der Waals surface area contributed by atoms with Crippen molar-refractivity contribution in [1.82, 2.24) is 4.90 Å². The van der Waals surface area contributed by atoms with Crippen LogP contribution in [0.1, 0.15) is 29.7 Å². The third-order valence-corrected chi connectivity index (χ3v) is 4.45. The number of rotatable bonds is 2. The van der Waals surface area contributed by atoms with Crippen LogP contribution in [-0.2, 0) is 12.7 Å². The first-order valence-electron chi connectivity index (χ1n) is 7.72. The fourth-order valence-corrected chi connectivity index (χ4v) is 3.04. The summed E-state index contributed by atoms with van der Waals surface area (Å²) in [6, 6.07) is 11.3. The second kappa shape index (κ2) is 6.65. The van der Waals surface area contributed by atoms with E-state index in [0.29, 0.717) is 23.9 Å². The van der Waals surface area contributed by atoms with Gasteiger partial charge in [0.15, 0.2) is 0 Å². The van der Waals surface area contributed by atoms with E-state index in [1.54, 1.807) is 18.2 Å². The number of ether oxygens (including phenoxy) is 1. The fraction of sp³-hybridized carbons (Fsp3) is 0.333. The second-order valence-electron chi connectivity index (χ2n) is 5.77. The summed E-state index contributed by atoms with van der Waals surface area (Å²) in [7, 11) is 0. The molecule has 2 nitrogen and oxygen atoms in total. The highest BCUT2D eigenvalue weighted by molar-refractivity contribution is 6.30. The van der Waals surface area contributed by atoms with Crippen LogP contribution in [-0.4, -0.2) is 18.0 Å². The summed E-state index contributed by atoms with van der Waals surface area (Å²) in [5, 5.41) is 0.611. The molecule has 6 heteroatoms. The van der Waals surface area contributed by atoms with E-state index in [0.717, 1.165) is 11.6 Å². The van der Waals surface area contributed by atoms with Gasteiger partial charge < -0.3 is 4.74 Å². The molecule has 0 bridgehead atoms. The minimum atomic E-state index is -4.39. The Morgan fingerprint density at radius 3 is 2.50 bits per heavy atom. The number of hydrogen-bond donors (Lipinski definition) is 0. The van der Waals surface area contributed by atoms with Crippen LogP contribution in [0, 0.1) is 0 Å². The molecular weight excluding hydrogens is 339 g/mol. The van der Waals surface area contributed by atoms with Crippen molar-refractivity contribution < 1.29 is 17.9 Å². The Kier molecular flexibility index (Phi) is 4.74. The molecule has 0 fully saturated rings. The zero-order valence-electron chi connectivity index (χ0n) is 13.1. The maximum Gasteiger partial charge on any atom is 0.416 e. The van der Waals surface area contributed by atoms with E-state index in [1.165, 1.54) is 6.07 Å². The van der Waals surface area contributed by atoms with Crippen molar-refractivity contribution in [3.8, 4) is 5.75 Å². The van der Waals surface area contributed by atoms with Gasteiger partial charge in [-0.1, -0.05) is 36.7 Å². The molecular formula is C18H17ClF3NO. The molecule has 1 heterocycles. The van der Waals surface area contributed by atoms with Gasteiger partial charge in [-0.25, -0.2) is 0 Å². The summed E-state index contributed by atoms with van der Waals surface area (Å²) in [4.78, 5) is 1.96. The lowest BCUT2D eigenvalue weighted by atomic mass is 10.1. The van der Waals surface area contributed by atoms with Gasteiger partial charge in [0.2, 0.25) is 0 Å². The normalized spacial score (nSPS) is 18.6. The second-order valence-corrected chi connectivity index (χ2v) is 6.20. The molecule has 0 aromatic heterocycles. The smallest absolute Gasteiger partial charge is 0.416 e. The molecule has 128 valence electrons. The van der Waals surface area contributed by atoms with Crippen molar-refractivity contribution >= 4 is 11.6 Å². The van der Waals surface area contributed by atoms with E-state index in [-0.39, 0.29) is 18.2 Å². The first-order valence-corrected chi connectivity index (χ1v) is 8.10. The number of halogens is 4. The zero-order valence-corrected chi connectivity index (χ0v) is 13.9. The Labute approximate surface area is 143 Å².